The summed E-state index contributed by atoms with van der Waals surface area (Å²) in [7, 11) is 3.97. The molecule has 4 heteroatoms. The third-order valence-corrected chi connectivity index (χ3v) is 3.08. The molecule has 1 fully saturated rings. The smallest absolute Gasteiger partial charge is 0.410 e. The summed E-state index contributed by atoms with van der Waals surface area (Å²) in [5.74, 6) is 0.615. The molecule has 0 bridgehead atoms. The van der Waals surface area contributed by atoms with Crippen LogP contribution in [-0.4, -0.2) is 55.2 Å². The van der Waals surface area contributed by atoms with Gasteiger partial charge >= 0.3 is 6.09 Å². The maximum absolute atomic E-state index is 11.8. The van der Waals surface area contributed by atoms with Gasteiger partial charge in [-0.2, -0.15) is 0 Å². The second-order valence-electron chi connectivity index (χ2n) is 6.11. The van der Waals surface area contributed by atoms with Gasteiger partial charge in [0.25, 0.3) is 0 Å². The van der Waals surface area contributed by atoms with Crippen LogP contribution in [0.4, 0.5) is 4.79 Å². The van der Waals surface area contributed by atoms with Gasteiger partial charge in [-0.05, 0) is 59.7 Å². The summed E-state index contributed by atoms with van der Waals surface area (Å²) in [6.07, 6.45) is 2.13. The highest BCUT2D eigenvalue weighted by Crippen LogP contribution is 2.18. The lowest BCUT2D eigenvalue weighted by Crippen LogP contribution is -2.40. The first-order chi connectivity index (χ1) is 7.78. The summed E-state index contributed by atoms with van der Waals surface area (Å²) in [5, 5.41) is 0. The molecule has 0 atom stereocenters. The quantitative estimate of drug-likeness (QED) is 0.744. The lowest BCUT2D eigenvalue weighted by Gasteiger charge is -2.32. The molecule has 0 N–H and O–H groups in total. The Balaban J connectivity index is 2.33. The molecule has 1 aliphatic rings. The minimum Gasteiger partial charge on any atom is -0.444 e. The Labute approximate surface area is 105 Å². The fraction of sp³-hybridized carbons (Fsp3) is 0.923. The van der Waals surface area contributed by atoms with Gasteiger partial charge in [-0.15, -0.1) is 0 Å². The first-order valence-electron chi connectivity index (χ1n) is 6.40. The number of likely N-dealkylation sites (tertiary alicyclic amines) is 1. The Morgan fingerprint density at radius 1 is 1.35 bits per heavy atom. The molecule has 0 spiro atoms. The van der Waals surface area contributed by atoms with Crippen molar-refractivity contribution in [2.45, 2.75) is 39.2 Å². The maximum Gasteiger partial charge on any atom is 0.410 e. The van der Waals surface area contributed by atoms with E-state index in [2.05, 4.69) is 11.9 Å². The van der Waals surface area contributed by atoms with Gasteiger partial charge < -0.3 is 14.5 Å². The molecule has 0 aromatic rings. The number of nitrogens with zero attached hydrogens (tertiary/aromatic N) is 2. The fourth-order valence-corrected chi connectivity index (χ4v) is 2.05. The number of hydrogen-bond donors (Lipinski definition) is 0. The summed E-state index contributed by atoms with van der Waals surface area (Å²) in [4.78, 5) is 15.8. The predicted octanol–water partition coefficient (Wildman–Crippen LogP) is 2.20. The van der Waals surface area contributed by atoms with Crippen molar-refractivity contribution in [1.29, 1.82) is 0 Å². The molecule has 1 rings (SSSR count). The van der Waals surface area contributed by atoms with Gasteiger partial charge in [0.2, 0.25) is 0 Å². The highest BCUT2D eigenvalue weighted by atomic mass is 16.6. The number of carbonyl (C=O) groups is 1. The van der Waals surface area contributed by atoms with Crippen LogP contribution in [0.3, 0.4) is 0 Å². The number of carbonyl (C=O) groups excluding carboxylic acids is 1. The molecule has 0 aromatic heterocycles. The highest BCUT2D eigenvalue weighted by molar-refractivity contribution is 5.67. The van der Waals surface area contributed by atoms with Crippen LogP contribution in [-0.2, 0) is 4.74 Å². The van der Waals surface area contributed by atoms with Crippen molar-refractivity contribution >= 4 is 6.09 Å². The van der Waals surface area contributed by atoms with Gasteiger partial charge in [0.15, 0.2) is 0 Å². The summed E-state index contributed by atoms with van der Waals surface area (Å²) >= 11 is 0. The van der Waals surface area contributed by atoms with E-state index in [0.717, 1.165) is 19.6 Å². The van der Waals surface area contributed by atoms with Gasteiger partial charge in [-0.1, -0.05) is 0 Å². The Morgan fingerprint density at radius 3 is 2.35 bits per heavy atom. The number of hydrogen-bond acceptors (Lipinski definition) is 3. The van der Waals surface area contributed by atoms with E-state index in [0.29, 0.717) is 5.92 Å². The van der Waals surface area contributed by atoms with E-state index in [1.165, 1.54) is 12.8 Å². The molecule has 1 saturated heterocycles. The molecule has 1 amide bonds. The predicted molar refractivity (Wildman–Crippen MR) is 69.1 cm³/mol. The van der Waals surface area contributed by atoms with Crippen LogP contribution in [0, 0.1) is 5.92 Å². The molecule has 0 unspecified atom stereocenters. The first kappa shape index (κ1) is 14.3. The van der Waals surface area contributed by atoms with Gasteiger partial charge in [-0.25, -0.2) is 4.79 Å². The van der Waals surface area contributed by atoms with E-state index in [1.807, 2.05) is 27.8 Å². The molecule has 4 nitrogen and oxygen atoms in total. The van der Waals surface area contributed by atoms with E-state index in [-0.39, 0.29) is 6.09 Å². The lowest BCUT2D eigenvalue weighted by molar-refractivity contribution is 0.0254. The molecule has 0 aromatic carbocycles. The zero-order chi connectivity index (χ0) is 13.1. The van der Waals surface area contributed by atoms with E-state index < -0.39 is 5.60 Å². The summed E-state index contributed by atoms with van der Waals surface area (Å²) in [5.41, 5.74) is -0.405. The Kier molecular flexibility index (Phi) is 4.80. The summed E-state index contributed by atoms with van der Waals surface area (Å²) < 4.78 is 5.34. The van der Waals surface area contributed by atoms with Crippen molar-refractivity contribution in [2.24, 2.45) is 5.92 Å². The molecule has 0 saturated carbocycles. The van der Waals surface area contributed by atoms with Crippen molar-refractivity contribution in [3.63, 3.8) is 0 Å². The number of ether oxygens (including phenoxy) is 1. The Bertz CT molecular complexity index is 253. The van der Waals surface area contributed by atoms with Crippen molar-refractivity contribution in [3.8, 4) is 0 Å². The second-order valence-corrected chi connectivity index (χ2v) is 6.11. The molecule has 1 aliphatic heterocycles. The molecule has 0 aliphatic carbocycles. The van der Waals surface area contributed by atoms with E-state index in [9.17, 15) is 4.79 Å². The van der Waals surface area contributed by atoms with Crippen LogP contribution < -0.4 is 0 Å². The SMILES string of the molecule is CN1CCC(CN(C)C(=O)OC(C)(C)C)CC1. The first-order valence-corrected chi connectivity index (χ1v) is 6.40. The van der Waals surface area contributed by atoms with Crippen molar-refractivity contribution in [3.05, 3.63) is 0 Å². The largest absolute Gasteiger partial charge is 0.444 e. The van der Waals surface area contributed by atoms with Gasteiger partial charge in [0, 0.05) is 13.6 Å². The number of rotatable bonds is 2. The van der Waals surface area contributed by atoms with Crippen molar-refractivity contribution in [1.82, 2.24) is 9.80 Å². The molecular formula is C13H26N2O2. The van der Waals surface area contributed by atoms with Gasteiger partial charge in [0.1, 0.15) is 5.60 Å². The molecule has 0 radical (unpaired) electrons. The molecule has 17 heavy (non-hydrogen) atoms. The standard InChI is InChI=1S/C13H26N2O2/c1-13(2,3)17-12(16)15(5)10-11-6-8-14(4)9-7-11/h11H,6-10H2,1-5H3. The topological polar surface area (TPSA) is 32.8 Å². The average molecular weight is 242 g/mol. The third kappa shape index (κ3) is 5.39. The zero-order valence-electron chi connectivity index (χ0n) is 11.8. The normalized spacial score (nSPS) is 19.1. The van der Waals surface area contributed by atoms with Crippen LogP contribution in [0.1, 0.15) is 33.6 Å². The van der Waals surface area contributed by atoms with Crippen LogP contribution in [0.5, 0.6) is 0 Å². The zero-order valence-corrected chi connectivity index (χ0v) is 11.8. The Hall–Kier alpha value is -0.770. The molecule has 1 heterocycles. The monoisotopic (exact) mass is 242 g/mol. The van der Waals surface area contributed by atoms with Gasteiger partial charge in [0.05, 0.1) is 0 Å². The maximum atomic E-state index is 11.8. The van der Waals surface area contributed by atoms with E-state index in [4.69, 9.17) is 4.74 Å². The fourth-order valence-electron chi connectivity index (χ4n) is 2.05. The summed E-state index contributed by atoms with van der Waals surface area (Å²) in [6, 6.07) is 0. The van der Waals surface area contributed by atoms with Crippen LogP contribution in [0.2, 0.25) is 0 Å². The molecular weight excluding hydrogens is 216 g/mol. The molecule has 100 valence electrons. The number of piperidine rings is 1. The number of amides is 1. The second kappa shape index (κ2) is 5.71. The minimum atomic E-state index is -0.405. The Morgan fingerprint density at radius 2 is 1.88 bits per heavy atom. The van der Waals surface area contributed by atoms with E-state index in [1.54, 1.807) is 4.90 Å². The summed E-state index contributed by atoms with van der Waals surface area (Å²) in [6.45, 7) is 8.76. The van der Waals surface area contributed by atoms with E-state index >= 15 is 0 Å². The van der Waals surface area contributed by atoms with Crippen molar-refractivity contribution < 1.29 is 9.53 Å². The average Bonchev–Trinajstić information content (AvgIpc) is 2.19. The third-order valence-electron chi connectivity index (χ3n) is 3.08. The van der Waals surface area contributed by atoms with Crippen molar-refractivity contribution in [2.75, 3.05) is 33.7 Å². The van der Waals surface area contributed by atoms with Crippen LogP contribution >= 0.6 is 0 Å². The lowest BCUT2D eigenvalue weighted by atomic mass is 9.97. The highest BCUT2D eigenvalue weighted by Gasteiger charge is 2.23. The minimum absolute atomic E-state index is 0.212. The van der Waals surface area contributed by atoms with Gasteiger partial charge in [-0.3, -0.25) is 0 Å². The van der Waals surface area contributed by atoms with Crippen LogP contribution in [0.25, 0.3) is 0 Å². The van der Waals surface area contributed by atoms with Crippen LogP contribution in [0.15, 0.2) is 0 Å².